The van der Waals surface area contributed by atoms with Crippen LogP contribution in [-0.2, 0) is 9.84 Å². The van der Waals surface area contributed by atoms with E-state index in [1.807, 2.05) is 0 Å². The molecule has 1 aromatic heterocycles. The second-order valence-electron chi connectivity index (χ2n) is 6.23. The Morgan fingerprint density at radius 3 is 2.52 bits per heavy atom. The molecular formula is C19H15ClFN3O4S. The fraction of sp³-hybridized carbons (Fsp3) is 0.105. The molecule has 1 heterocycles. The fourth-order valence-electron chi connectivity index (χ4n) is 2.58. The largest absolute Gasteiger partial charge is 0.319 e. The van der Waals surface area contributed by atoms with Crippen LogP contribution in [0.1, 0.15) is 16.2 Å². The van der Waals surface area contributed by atoms with Gasteiger partial charge in [0.1, 0.15) is 11.5 Å². The van der Waals surface area contributed by atoms with Crippen LogP contribution in [0.25, 0.3) is 5.69 Å². The molecular weight excluding hydrogens is 421 g/mol. The third-order valence-electron chi connectivity index (χ3n) is 4.02. The van der Waals surface area contributed by atoms with Gasteiger partial charge in [0.25, 0.3) is 5.91 Å². The molecule has 0 aliphatic rings. The van der Waals surface area contributed by atoms with Crippen molar-refractivity contribution in [3.05, 3.63) is 81.0 Å². The van der Waals surface area contributed by atoms with E-state index >= 15 is 0 Å². The Kier molecular flexibility index (Phi) is 5.54. The van der Waals surface area contributed by atoms with Crippen molar-refractivity contribution >= 4 is 33.0 Å². The lowest BCUT2D eigenvalue weighted by atomic mass is 10.2. The zero-order valence-corrected chi connectivity index (χ0v) is 16.9. The molecule has 0 bridgehead atoms. The molecule has 3 rings (SSSR count). The van der Waals surface area contributed by atoms with Gasteiger partial charge in [0.05, 0.1) is 15.6 Å². The predicted octanol–water partition coefficient (Wildman–Crippen LogP) is 2.99. The molecule has 1 N–H and O–H groups in total. The number of rotatable bonds is 4. The Bertz CT molecular complexity index is 1290. The van der Waals surface area contributed by atoms with Crippen molar-refractivity contribution in [2.45, 2.75) is 11.8 Å². The lowest BCUT2D eigenvalue weighted by Gasteiger charge is -2.12. The number of para-hydroxylation sites is 1. The molecule has 0 aliphatic heterocycles. The highest BCUT2D eigenvalue weighted by atomic mass is 35.5. The van der Waals surface area contributed by atoms with Gasteiger partial charge in [-0.2, -0.15) is 5.10 Å². The second kappa shape index (κ2) is 7.76. The Hall–Kier alpha value is -3.04. The number of anilines is 1. The summed E-state index contributed by atoms with van der Waals surface area (Å²) in [5.41, 5.74) is -0.786. The quantitative estimate of drug-likeness (QED) is 0.679. The maximum absolute atomic E-state index is 14.1. The van der Waals surface area contributed by atoms with Crippen LogP contribution in [-0.4, -0.2) is 30.4 Å². The number of benzene rings is 2. The molecule has 0 aliphatic carbocycles. The van der Waals surface area contributed by atoms with Gasteiger partial charge in [0, 0.05) is 18.0 Å². The predicted molar refractivity (Wildman–Crippen MR) is 107 cm³/mol. The number of carbonyl (C=O) groups excluding carboxylic acids is 1. The van der Waals surface area contributed by atoms with Crippen LogP contribution in [0.5, 0.6) is 0 Å². The summed E-state index contributed by atoms with van der Waals surface area (Å²) < 4.78 is 38.7. The SMILES string of the molecule is Cc1cc(=O)c(C(=O)Nc2cc(S(C)(=O)=O)ccc2Cl)nn1-c1ccccc1F. The fourth-order valence-corrected chi connectivity index (χ4v) is 3.40. The first-order chi connectivity index (χ1) is 13.6. The molecule has 0 radical (unpaired) electrons. The molecule has 7 nitrogen and oxygen atoms in total. The van der Waals surface area contributed by atoms with Gasteiger partial charge in [-0.25, -0.2) is 17.5 Å². The first kappa shape index (κ1) is 20.7. The number of carbonyl (C=O) groups is 1. The van der Waals surface area contributed by atoms with Gasteiger partial charge in [-0.15, -0.1) is 0 Å². The Labute approximate surface area is 170 Å². The van der Waals surface area contributed by atoms with E-state index in [0.29, 0.717) is 5.69 Å². The number of halogens is 2. The first-order valence-electron chi connectivity index (χ1n) is 8.25. The zero-order valence-electron chi connectivity index (χ0n) is 15.3. The Morgan fingerprint density at radius 2 is 1.86 bits per heavy atom. The first-order valence-corrected chi connectivity index (χ1v) is 10.5. The van der Waals surface area contributed by atoms with E-state index in [2.05, 4.69) is 10.4 Å². The van der Waals surface area contributed by atoms with E-state index in [9.17, 15) is 22.4 Å². The number of sulfone groups is 1. The third-order valence-corrected chi connectivity index (χ3v) is 5.46. The maximum atomic E-state index is 14.1. The van der Waals surface area contributed by atoms with Crippen LogP contribution in [0.4, 0.5) is 10.1 Å². The highest BCUT2D eigenvalue weighted by Gasteiger charge is 2.19. The standard InChI is InChI=1S/C19H15ClFN3O4S/c1-11-9-17(25)18(23-24(11)16-6-4-3-5-14(16)21)19(26)22-15-10-12(29(2,27)28)7-8-13(15)20/h3-10H,1-2H3,(H,22,26). The van der Waals surface area contributed by atoms with Crippen molar-refractivity contribution in [2.24, 2.45) is 0 Å². The van der Waals surface area contributed by atoms with Crippen molar-refractivity contribution in [2.75, 3.05) is 11.6 Å². The lowest BCUT2D eigenvalue weighted by molar-refractivity contribution is 0.101. The highest BCUT2D eigenvalue weighted by molar-refractivity contribution is 7.90. The Balaban J connectivity index is 2.04. The maximum Gasteiger partial charge on any atom is 0.280 e. The van der Waals surface area contributed by atoms with Crippen LogP contribution < -0.4 is 10.7 Å². The van der Waals surface area contributed by atoms with Crippen molar-refractivity contribution in [3.8, 4) is 5.69 Å². The summed E-state index contributed by atoms with van der Waals surface area (Å²) in [4.78, 5) is 24.9. The number of hydrogen-bond acceptors (Lipinski definition) is 5. The van der Waals surface area contributed by atoms with Gasteiger partial charge >= 0.3 is 0 Å². The molecule has 29 heavy (non-hydrogen) atoms. The minimum absolute atomic E-state index is 0.00110. The van der Waals surface area contributed by atoms with E-state index in [4.69, 9.17) is 11.6 Å². The van der Waals surface area contributed by atoms with Crippen LogP contribution >= 0.6 is 11.6 Å². The number of aryl methyl sites for hydroxylation is 1. The number of amides is 1. The van der Waals surface area contributed by atoms with Gasteiger partial charge in [-0.1, -0.05) is 23.7 Å². The van der Waals surface area contributed by atoms with Crippen molar-refractivity contribution in [3.63, 3.8) is 0 Å². The molecule has 3 aromatic rings. The molecule has 0 fully saturated rings. The molecule has 10 heteroatoms. The molecule has 0 saturated carbocycles. The summed E-state index contributed by atoms with van der Waals surface area (Å²) in [6.45, 7) is 1.55. The third kappa shape index (κ3) is 4.36. The summed E-state index contributed by atoms with van der Waals surface area (Å²) in [5.74, 6) is -1.49. The van der Waals surface area contributed by atoms with Gasteiger partial charge in [-0.05, 0) is 37.3 Å². The number of hydrogen-bond donors (Lipinski definition) is 1. The summed E-state index contributed by atoms with van der Waals surface area (Å²) >= 11 is 6.03. The Morgan fingerprint density at radius 1 is 1.17 bits per heavy atom. The van der Waals surface area contributed by atoms with Gasteiger partial charge in [-0.3, -0.25) is 9.59 Å². The summed E-state index contributed by atoms with van der Waals surface area (Å²) in [6.07, 6.45) is 1.01. The molecule has 1 amide bonds. The molecule has 0 saturated heterocycles. The number of nitrogens with zero attached hydrogens (tertiary/aromatic N) is 2. The van der Waals surface area contributed by atoms with Crippen LogP contribution in [0.2, 0.25) is 5.02 Å². The molecule has 0 unspecified atom stereocenters. The molecule has 2 aromatic carbocycles. The van der Waals surface area contributed by atoms with Crippen LogP contribution in [0, 0.1) is 12.7 Å². The highest BCUT2D eigenvalue weighted by Crippen LogP contribution is 2.25. The van der Waals surface area contributed by atoms with Gasteiger partial charge < -0.3 is 5.32 Å². The van der Waals surface area contributed by atoms with E-state index < -0.39 is 32.7 Å². The molecule has 0 spiro atoms. The van der Waals surface area contributed by atoms with Crippen molar-refractivity contribution in [1.82, 2.24) is 9.78 Å². The monoisotopic (exact) mass is 435 g/mol. The van der Waals surface area contributed by atoms with Crippen LogP contribution in [0.15, 0.2) is 58.2 Å². The second-order valence-corrected chi connectivity index (χ2v) is 8.65. The average Bonchev–Trinajstić information content (AvgIpc) is 2.63. The topological polar surface area (TPSA) is 98.1 Å². The minimum atomic E-state index is -3.54. The summed E-state index contributed by atoms with van der Waals surface area (Å²) in [7, 11) is -3.54. The summed E-state index contributed by atoms with van der Waals surface area (Å²) in [6, 6.07) is 10.7. The number of nitrogens with one attached hydrogen (secondary N) is 1. The van der Waals surface area contributed by atoms with E-state index in [1.165, 1.54) is 36.4 Å². The van der Waals surface area contributed by atoms with Gasteiger partial charge in [0.15, 0.2) is 15.5 Å². The molecule has 0 atom stereocenters. The normalized spacial score (nSPS) is 11.3. The van der Waals surface area contributed by atoms with E-state index in [1.54, 1.807) is 13.0 Å². The average molecular weight is 436 g/mol. The molecule has 150 valence electrons. The minimum Gasteiger partial charge on any atom is -0.319 e. The van der Waals surface area contributed by atoms with E-state index in [0.717, 1.165) is 17.0 Å². The van der Waals surface area contributed by atoms with Gasteiger partial charge in [0.2, 0.25) is 5.43 Å². The van der Waals surface area contributed by atoms with Crippen molar-refractivity contribution < 1.29 is 17.6 Å². The van der Waals surface area contributed by atoms with E-state index in [-0.39, 0.29) is 21.3 Å². The zero-order chi connectivity index (χ0) is 21.3. The summed E-state index contributed by atoms with van der Waals surface area (Å²) in [5, 5.41) is 6.45. The van der Waals surface area contributed by atoms with Crippen molar-refractivity contribution in [1.29, 1.82) is 0 Å². The lowest BCUT2D eigenvalue weighted by Crippen LogP contribution is -2.27. The number of aromatic nitrogens is 2. The smallest absolute Gasteiger partial charge is 0.280 e. The van der Waals surface area contributed by atoms with Crippen LogP contribution in [0.3, 0.4) is 0 Å².